The van der Waals surface area contributed by atoms with Gasteiger partial charge in [0.15, 0.2) is 0 Å². The van der Waals surface area contributed by atoms with Crippen molar-refractivity contribution in [1.29, 1.82) is 0 Å². The van der Waals surface area contributed by atoms with Crippen LogP contribution in [0.3, 0.4) is 0 Å². The van der Waals surface area contributed by atoms with E-state index in [1.165, 1.54) is 0 Å². The summed E-state index contributed by atoms with van der Waals surface area (Å²) in [6.45, 7) is 0. The van der Waals surface area contributed by atoms with Gasteiger partial charge >= 0.3 is 0 Å². The second kappa shape index (κ2) is 6.37. The molecule has 0 bridgehead atoms. The molecule has 0 spiro atoms. The van der Waals surface area contributed by atoms with Gasteiger partial charge in [-0.05, 0) is 30.3 Å². The molecule has 1 aromatic heterocycles. The lowest BCUT2D eigenvalue weighted by Crippen LogP contribution is -2.13. The monoisotopic (exact) mass is 397 g/mol. The third kappa shape index (κ3) is 3.80. The molecule has 1 aromatic carbocycles. The lowest BCUT2D eigenvalue weighted by atomic mass is 10.2. The first kappa shape index (κ1) is 15.0. The number of nitrogens with one attached hydrogen (secondary N) is 1. The first-order valence-corrected chi connectivity index (χ1v) is 7.45. The molecule has 1 N–H and O–H groups in total. The highest BCUT2D eigenvalue weighted by Crippen LogP contribution is 2.21. The minimum Gasteiger partial charge on any atom is -0.363 e. The van der Waals surface area contributed by atoms with E-state index in [9.17, 15) is 4.79 Å². The van der Waals surface area contributed by atoms with Crippen LogP contribution in [-0.4, -0.2) is 25.0 Å². The van der Waals surface area contributed by atoms with Crippen LogP contribution >= 0.6 is 31.9 Å². The number of carbonyl (C=O) groups is 1. The summed E-state index contributed by atoms with van der Waals surface area (Å²) in [5.74, 6) is 0.666. The van der Waals surface area contributed by atoms with Crippen LogP contribution in [0, 0.1) is 0 Å². The van der Waals surface area contributed by atoms with Gasteiger partial charge < -0.3 is 10.2 Å². The van der Waals surface area contributed by atoms with Gasteiger partial charge in [0.2, 0.25) is 0 Å². The fourth-order valence-electron chi connectivity index (χ4n) is 1.61. The number of halogens is 2. The molecule has 0 saturated carbocycles. The maximum absolute atomic E-state index is 12.1. The average molecular weight is 399 g/mol. The Hall–Kier alpha value is -1.40. The fraction of sp³-hybridized carbons (Fsp3) is 0.143. The smallest absolute Gasteiger partial charge is 0.255 e. The van der Waals surface area contributed by atoms with Crippen molar-refractivity contribution in [3.05, 3.63) is 51.0 Å². The second-order valence-corrected chi connectivity index (χ2v) is 6.24. The molecule has 1 amide bonds. The van der Waals surface area contributed by atoms with E-state index in [0.717, 1.165) is 14.8 Å². The molecule has 0 aliphatic rings. The van der Waals surface area contributed by atoms with E-state index in [0.29, 0.717) is 11.3 Å². The normalized spacial score (nSPS) is 10.2. The van der Waals surface area contributed by atoms with Crippen molar-refractivity contribution in [1.82, 2.24) is 4.98 Å². The van der Waals surface area contributed by atoms with Crippen LogP contribution in [0.25, 0.3) is 0 Å². The molecule has 1 heterocycles. The molecule has 0 unspecified atom stereocenters. The molecule has 2 rings (SSSR count). The van der Waals surface area contributed by atoms with E-state index in [2.05, 4.69) is 42.2 Å². The predicted octanol–water partition coefficient (Wildman–Crippen LogP) is 3.92. The topological polar surface area (TPSA) is 45.2 Å². The number of aromatic nitrogens is 1. The van der Waals surface area contributed by atoms with Crippen LogP contribution in [0.4, 0.5) is 11.5 Å². The predicted molar refractivity (Wildman–Crippen MR) is 88.4 cm³/mol. The Bertz CT molecular complexity index is 607. The highest BCUT2D eigenvalue weighted by Gasteiger charge is 2.08. The van der Waals surface area contributed by atoms with Crippen LogP contribution in [0.5, 0.6) is 0 Å². The van der Waals surface area contributed by atoms with Crippen molar-refractivity contribution in [3.63, 3.8) is 0 Å². The van der Waals surface area contributed by atoms with Crippen molar-refractivity contribution in [2.75, 3.05) is 24.3 Å². The molecule has 0 saturated heterocycles. The SMILES string of the molecule is CN(C)c1ccc(NC(=O)c2cc(Br)cc(Br)c2)cn1. The Balaban J connectivity index is 2.14. The van der Waals surface area contributed by atoms with Crippen LogP contribution in [0.1, 0.15) is 10.4 Å². The van der Waals surface area contributed by atoms with Crippen molar-refractivity contribution < 1.29 is 4.79 Å². The number of hydrogen-bond acceptors (Lipinski definition) is 3. The summed E-state index contributed by atoms with van der Waals surface area (Å²) in [4.78, 5) is 18.3. The molecule has 104 valence electrons. The number of amides is 1. The third-order valence-electron chi connectivity index (χ3n) is 2.59. The molecule has 0 radical (unpaired) electrons. The standard InChI is InChI=1S/C14H13Br2N3O/c1-19(2)13-4-3-12(8-17-13)18-14(20)9-5-10(15)7-11(16)6-9/h3-8H,1-2H3,(H,18,20). The zero-order chi connectivity index (χ0) is 14.7. The van der Waals surface area contributed by atoms with Crippen LogP contribution in [0.15, 0.2) is 45.5 Å². The first-order chi connectivity index (χ1) is 9.45. The molecule has 0 atom stereocenters. The Morgan fingerprint density at radius 3 is 2.30 bits per heavy atom. The molecule has 0 fully saturated rings. The summed E-state index contributed by atoms with van der Waals surface area (Å²) in [5, 5.41) is 2.82. The van der Waals surface area contributed by atoms with E-state index >= 15 is 0 Å². The largest absolute Gasteiger partial charge is 0.363 e. The lowest BCUT2D eigenvalue weighted by Gasteiger charge is -2.11. The summed E-state index contributed by atoms with van der Waals surface area (Å²) in [7, 11) is 3.83. The van der Waals surface area contributed by atoms with Gasteiger partial charge in [-0.15, -0.1) is 0 Å². The number of hydrogen-bond donors (Lipinski definition) is 1. The first-order valence-electron chi connectivity index (χ1n) is 5.86. The van der Waals surface area contributed by atoms with Gasteiger partial charge in [-0.25, -0.2) is 4.98 Å². The van der Waals surface area contributed by atoms with Gasteiger partial charge in [0.05, 0.1) is 11.9 Å². The molecular weight excluding hydrogens is 386 g/mol. The van der Waals surface area contributed by atoms with E-state index in [-0.39, 0.29) is 5.91 Å². The van der Waals surface area contributed by atoms with Gasteiger partial charge in [-0.1, -0.05) is 31.9 Å². The highest BCUT2D eigenvalue weighted by molar-refractivity contribution is 9.11. The quantitative estimate of drug-likeness (QED) is 0.851. The lowest BCUT2D eigenvalue weighted by molar-refractivity contribution is 0.102. The zero-order valence-corrected chi connectivity index (χ0v) is 14.2. The van der Waals surface area contributed by atoms with E-state index < -0.39 is 0 Å². The van der Waals surface area contributed by atoms with E-state index in [1.54, 1.807) is 18.3 Å². The molecule has 0 aliphatic heterocycles. The third-order valence-corrected chi connectivity index (χ3v) is 3.50. The minimum atomic E-state index is -0.175. The number of nitrogens with zero attached hydrogens (tertiary/aromatic N) is 2. The van der Waals surface area contributed by atoms with Crippen molar-refractivity contribution in [3.8, 4) is 0 Å². The zero-order valence-electron chi connectivity index (χ0n) is 11.0. The van der Waals surface area contributed by atoms with Crippen molar-refractivity contribution >= 4 is 49.3 Å². The number of benzene rings is 1. The highest BCUT2D eigenvalue weighted by atomic mass is 79.9. The Labute approximate surface area is 134 Å². The summed E-state index contributed by atoms with van der Waals surface area (Å²) in [6, 6.07) is 9.09. The van der Waals surface area contributed by atoms with Crippen molar-refractivity contribution in [2.24, 2.45) is 0 Å². The molecule has 0 aliphatic carbocycles. The number of pyridine rings is 1. The Kier molecular flexibility index (Phi) is 4.77. The number of rotatable bonds is 3. The van der Waals surface area contributed by atoms with Crippen LogP contribution in [-0.2, 0) is 0 Å². The Morgan fingerprint density at radius 2 is 1.80 bits per heavy atom. The summed E-state index contributed by atoms with van der Waals surface area (Å²) in [5.41, 5.74) is 1.24. The minimum absolute atomic E-state index is 0.175. The fourth-order valence-corrected chi connectivity index (χ4v) is 2.91. The summed E-state index contributed by atoms with van der Waals surface area (Å²) >= 11 is 6.73. The Morgan fingerprint density at radius 1 is 1.15 bits per heavy atom. The maximum atomic E-state index is 12.1. The average Bonchev–Trinajstić information content (AvgIpc) is 2.38. The number of carbonyl (C=O) groups excluding carboxylic acids is 1. The van der Waals surface area contributed by atoms with Gasteiger partial charge in [0.1, 0.15) is 5.82 Å². The molecule has 20 heavy (non-hydrogen) atoms. The van der Waals surface area contributed by atoms with Gasteiger partial charge in [-0.2, -0.15) is 0 Å². The molecule has 6 heteroatoms. The molecule has 2 aromatic rings. The second-order valence-electron chi connectivity index (χ2n) is 4.41. The van der Waals surface area contributed by atoms with E-state index in [1.807, 2.05) is 37.2 Å². The summed E-state index contributed by atoms with van der Waals surface area (Å²) < 4.78 is 1.69. The summed E-state index contributed by atoms with van der Waals surface area (Å²) in [6.07, 6.45) is 1.64. The maximum Gasteiger partial charge on any atom is 0.255 e. The molecule has 4 nitrogen and oxygen atoms in total. The molecular formula is C14H13Br2N3O. The van der Waals surface area contributed by atoms with Crippen molar-refractivity contribution in [2.45, 2.75) is 0 Å². The number of anilines is 2. The van der Waals surface area contributed by atoms with Crippen LogP contribution in [0.2, 0.25) is 0 Å². The van der Waals surface area contributed by atoms with Crippen LogP contribution < -0.4 is 10.2 Å². The van der Waals surface area contributed by atoms with Gasteiger partial charge in [-0.3, -0.25) is 4.79 Å². The van der Waals surface area contributed by atoms with E-state index in [4.69, 9.17) is 0 Å². The van der Waals surface area contributed by atoms with Gasteiger partial charge in [0.25, 0.3) is 5.91 Å². The van der Waals surface area contributed by atoms with Gasteiger partial charge in [0, 0.05) is 28.6 Å².